The fraction of sp³-hybridized carbons (Fsp3) is 0.273. The lowest BCUT2D eigenvalue weighted by Crippen LogP contribution is -2.46. The highest BCUT2D eigenvalue weighted by Crippen LogP contribution is 2.34. The lowest BCUT2D eigenvalue weighted by atomic mass is 10.0. The summed E-state index contributed by atoms with van der Waals surface area (Å²) in [5.41, 5.74) is 1.63. The number of morpholine rings is 1. The molecule has 1 aromatic carbocycles. The Morgan fingerprint density at radius 2 is 1.91 bits per heavy atom. The number of carbonyl (C=O) groups is 4. The number of aryl methyl sites for hydroxylation is 1. The molecule has 0 atom stereocenters. The largest absolute Gasteiger partial charge is 0.478 e. The summed E-state index contributed by atoms with van der Waals surface area (Å²) < 4.78 is 11.0. The molecule has 3 amide bonds. The molecule has 2 fully saturated rings. The van der Waals surface area contributed by atoms with E-state index in [1.165, 1.54) is 12.1 Å². The normalized spacial score (nSPS) is 18.0. The van der Waals surface area contributed by atoms with E-state index in [2.05, 4.69) is 0 Å². The van der Waals surface area contributed by atoms with Gasteiger partial charge in [-0.1, -0.05) is 6.07 Å². The van der Waals surface area contributed by atoms with Gasteiger partial charge in [0.15, 0.2) is 0 Å². The minimum absolute atomic E-state index is 0.170. The predicted octanol–water partition coefficient (Wildman–Crippen LogP) is 2.85. The standard InChI is InChI=1S/C22H20N2O7S/c1-13-10-14(21(27)28)2-4-16(13)17-5-3-15(31-17)11-18-20(26)24(22(29)32-18)12-19(25)23-6-8-30-9-7-23/h2-5,10-11H,6-9,12H2,1H3,(H,27,28)/b18-11-. The van der Waals surface area contributed by atoms with Crippen LogP contribution in [0.2, 0.25) is 0 Å². The number of hydrogen-bond acceptors (Lipinski definition) is 7. The van der Waals surface area contributed by atoms with Crippen molar-refractivity contribution in [1.29, 1.82) is 0 Å². The van der Waals surface area contributed by atoms with Gasteiger partial charge in [-0.3, -0.25) is 19.3 Å². The minimum atomic E-state index is -1.01. The van der Waals surface area contributed by atoms with Crippen LogP contribution in [0.1, 0.15) is 21.7 Å². The number of furan rings is 1. The van der Waals surface area contributed by atoms with E-state index in [-0.39, 0.29) is 22.9 Å². The summed E-state index contributed by atoms with van der Waals surface area (Å²) in [6, 6.07) is 8.07. The van der Waals surface area contributed by atoms with E-state index in [1.807, 2.05) is 0 Å². The number of benzene rings is 1. The van der Waals surface area contributed by atoms with Crippen LogP contribution in [0.15, 0.2) is 39.7 Å². The second-order valence-corrected chi connectivity index (χ2v) is 8.29. The smallest absolute Gasteiger partial charge is 0.335 e. The summed E-state index contributed by atoms with van der Waals surface area (Å²) in [4.78, 5) is 51.2. The molecule has 2 aliphatic rings. The van der Waals surface area contributed by atoms with Gasteiger partial charge >= 0.3 is 5.97 Å². The third-order valence-electron chi connectivity index (χ3n) is 5.17. The molecule has 2 aromatic rings. The van der Waals surface area contributed by atoms with Crippen molar-refractivity contribution in [1.82, 2.24) is 9.80 Å². The molecule has 0 bridgehead atoms. The third kappa shape index (κ3) is 4.46. The van der Waals surface area contributed by atoms with Crippen LogP contribution in [0.5, 0.6) is 0 Å². The summed E-state index contributed by atoms with van der Waals surface area (Å²) in [5.74, 6) is -0.972. The maximum Gasteiger partial charge on any atom is 0.335 e. The first-order chi connectivity index (χ1) is 15.3. The highest BCUT2D eigenvalue weighted by molar-refractivity contribution is 8.18. The Labute approximate surface area is 187 Å². The fourth-order valence-corrected chi connectivity index (χ4v) is 4.28. The third-order valence-corrected chi connectivity index (χ3v) is 6.08. The van der Waals surface area contributed by atoms with Crippen LogP contribution in [0.4, 0.5) is 4.79 Å². The van der Waals surface area contributed by atoms with E-state index >= 15 is 0 Å². The fourth-order valence-electron chi connectivity index (χ4n) is 3.46. The summed E-state index contributed by atoms with van der Waals surface area (Å²) in [7, 11) is 0. The molecule has 0 spiro atoms. The molecule has 0 aliphatic carbocycles. The zero-order chi connectivity index (χ0) is 22.8. The van der Waals surface area contributed by atoms with Crippen molar-refractivity contribution >= 4 is 40.9 Å². The van der Waals surface area contributed by atoms with Gasteiger partial charge < -0.3 is 19.2 Å². The maximum atomic E-state index is 12.7. The molecule has 1 aromatic heterocycles. The topological polar surface area (TPSA) is 117 Å². The van der Waals surface area contributed by atoms with Crippen molar-refractivity contribution < 1.29 is 33.4 Å². The molecule has 3 heterocycles. The SMILES string of the molecule is Cc1cc(C(=O)O)ccc1-c1ccc(/C=C2\SC(=O)N(CC(=O)N3CCOCC3)C2=O)o1. The van der Waals surface area contributed by atoms with Crippen LogP contribution < -0.4 is 0 Å². The number of carboxylic acids is 1. The average molecular weight is 456 g/mol. The molecule has 0 unspecified atom stereocenters. The second kappa shape index (κ2) is 9.01. The number of ether oxygens (including phenoxy) is 1. The first-order valence-electron chi connectivity index (χ1n) is 9.88. The highest BCUT2D eigenvalue weighted by atomic mass is 32.2. The lowest BCUT2D eigenvalue weighted by molar-refractivity contribution is -0.139. The number of carbonyl (C=O) groups excluding carboxylic acids is 3. The van der Waals surface area contributed by atoms with Crippen molar-refractivity contribution in [3.05, 3.63) is 52.1 Å². The van der Waals surface area contributed by atoms with Crippen LogP contribution in [-0.2, 0) is 14.3 Å². The van der Waals surface area contributed by atoms with Gasteiger partial charge in [-0.05, 0) is 48.5 Å². The number of rotatable bonds is 5. The monoisotopic (exact) mass is 456 g/mol. The molecule has 0 saturated carbocycles. The van der Waals surface area contributed by atoms with Gasteiger partial charge in [-0.15, -0.1) is 0 Å². The van der Waals surface area contributed by atoms with Crippen molar-refractivity contribution in [3.8, 4) is 11.3 Å². The molecular formula is C22H20N2O7S. The van der Waals surface area contributed by atoms with Crippen molar-refractivity contribution in [2.45, 2.75) is 6.92 Å². The van der Waals surface area contributed by atoms with Gasteiger partial charge in [-0.25, -0.2) is 4.79 Å². The number of thioether (sulfide) groups is 1. The second-order valence-electron chi connectivity index (χ2n) is 7.30. The Bertz CT molecular complexity index is 1130. The average Bonchev–Trinajstić information content (AvgIpc) is 3.34. The Balaban J connectivity index is 1.48. The van der Waals surface area contributed by atoms with Crippen LogP contribution in [0.3, 0.4) is 0 Å². The molecule has 4 rings (SSSR count). The zero-order valence-corrected chi connectivity index (χ0v) is 18.0. The van der Waals surface area contributed by atoms with E-state index < -0.39 is 17.1 Å². The van der Waals surface area contributed by atoms with Gasteiger partial charge in [0.05, 0.1) is 23.7 Å². The summed E-state index contributed by atoms with van der Waals surface area (Å²) >= 11 is 0.756. The molecule has 0 radical (unpaired) electrons. The van der Waals surface area contributed by atoms with E-state index in [0.29, 0.717) is 37.8 Å². The Hall–Kier alpha value is -3.37. The molecule has 2 aliphatic heterocycles. The van der Waals surface area contributed by atoms with Crippen LogP contribution >= 0.6 is 11.8 Å². The molecule has 2 saturated heterocycles. The number of nitrogens with zero attached hydrogens (tertiary/aromatic N) is 2. The van der Waals surface area contributed by atoms with Crippen LogP contribution in [0.25, 0.3) is 17.4 Å². The zero-order valence-electron chi connectivity index (χ0n) is 17.2. The van der Waals surface area contributed by atoms with E-state index in [1.54, 1.807) is 36.1 Å². The van der Waals surface area contributed by atoms with Crippen LogP contribution in [0, 0.1) is 6.92 Å². The molecule has 32 heavy (non-hydrogen) atoms. The summed E-state index contributed by atoms with van der Waals surface area (Å²) in [6.07, 6.45) is 1.47. The number of carboxylic acid groups (broad SMARTS) is 1. The van der Waals surface area contributed by atoms with E-state index in [4.69, 9.17) is 14.3 Å². The van der Waals surface area contributed by atoms with Crippen molar-refractivity contribution in [2.24, 2.45) is 0 Å². The molecule has 1 N–H and O–H groups in total. The number of aromatic carboxylic acids is 1. The maximum absolute atomic E-state index is 12.7. The van der Waals surface area contributed by atoms with Crippen molar-refractivity contribution in [2.75, 3.05) is 32.8 Å². The summed E-state index contributed by atoms with van der Waals surface area (Å²) in [6.45, 7) is 3.22. The Morgan fingerprint density at radius 1 is 1.16 bits per heavy atom. The molecular weight excluding hydrogens is 436 g/mol. The first-order valence-corrected chi connectivity index (χ1v) is 10.7. The predicted molar refractivity (Wildman–Crippen MR) is 116 cm³/mol. The number of imide groups is 1. The van der Waals surface area contributed by atoms with Gasteiger partial charge in [-0.2, -0.15) is 0 Å². The molecule has 166 valence electrons. The number of hydrogen-bond donors (Lipinski definition) is 1. The van der Waals surface area contributed by atoms with Gasteiger partial charge in [0.25, 0.3) is 11.1 Å². The Morgan fingerprint density at radius 3 is 2.59 bits per heavy atom. The van der Waals surface area contributed by atoms with Crippen molar-refractivity contribution in [3.63, 3.8) is 0 Å². The van der Waals surface area contributed by atoms with Crippen LogP contribution in [-0.4, -0.2) is 70.8 Å². The molecule has 10 heteroatoms. The molecule has 9 nitrogen and oxygen atoms in total. The highest BCUT2D eigenvalue weighted by Gasteiger charge is 2.37. The van der Waals surface area contributed by atoms with Gasteiger partial charge in [0, 0.05) is 24.7 Å². The number of amides is 3. The quantitative estimate of drug-likeness (QED) is 0.683. The van der Waals surface area contributed by atoms with E-state index in [0.717, 1.165) is 27.8 Å². The summed E-state index contributed by atoms with van der Waals surface area (Å²) in [5, 5.41) is 8.60. The Kier molecular flexibility index (Phi) is 6.15. The van der Waals surface area contributed by atoms with Gasteiger partial charge in [0.1, 0.15) is 18.1 Å². The minimum Gasteiger partial charge on any atom is -0.478 e. The van der Waals surface area contributed by atoms with E-state index in [9.17, 15) is 19.2 Å². The first kappa shape index (κ1) is 21.8. The lowest BCUT2D eigenvalue weighted by Gasteiger charge is -2.27. The van der Waals surface area contributed by atoms with Gasteiger partial charge in [0.2, 0.25) is 5.91 Å².